The second-order valence-corrected chi connectivity index (χ2v) is 16.3. The van der Waals surface area contributed by atoms with Gasteiger partial charge in [0, 0.05) is 57.9 Å². The van der Waals surface area contributed by atoms with Gasteiger partial charge in [-0.3, -0.25) is 9.59 Å². The first-order valence-corrected chi connectivity index (χ1v) is 18.1. The number of hydrogen-bond donors (Lipinski definition) is 0. The Balaban J connectivity index is 1.49. The Morgan fingerprint density at radius 1 is 0.766 bits per heavy atom. The molecule has 0 bridgehead atoms. The summed E-state index contributed by atoms with van der Waals surface area (Å²) in [6.45, 7) is 12.2. The average Bonchev–Trinajstić information content (AvgIpc) is 2.99. The lowest BCUT2D eigenvalue weighted by atomic mass is 9.63. The molecule has 3 aromatic rings. The standard InChI is InChI=1S/C40H43Br2NO4/c1-6-46-34-19-27(18-29(42)38(34)47-24-26-14-10-11-15-28(26)41)35-36-30(20-39(2,3)22-32(36)44)43(17-16-25-12-8-7-9-13-25)31-21-40(4,5)23-33(45)37(31)35/h7-15,18-19,35H,6,16-17,20-24H2,1-5H3. The zero-order valence-corrected chi connectivity index (χ0v) is 31.1. The molecule has 0 radical (unpaired) electrons. The van der Waals surface area contributed by atoms with Gasteiger partial charge < -0.3 is 14.4 Å². The third-order valence-electron chi connectivity index (χ3n) is 9.48. The highest BCUT2D eigenvalue weighted by Crippen LogP contribution is 2.55. The van der Waals surface area contributed by atoms with Crippen molar-refractivity contribution in [1.82, 2.24) is 4.90 Å². The number of carbonyl (C=O) groups is 2. The van der Waals surface area contributed by atoms with E-state index in [1.54, 1.807) is 0 Å². The fourth-order valence-corrected chi connectivity index (χ4v) is 8.43. The van der Waals surface area contributed by atoms with E-state index in [2.05, 4.69) is 88.7 Å². The van der Waals surface area contributed by atoms with Crippen LogP contribution in [-0.2, 0) is 22.6 Å². The summed E-state index contributed by atoms with van der Waals surface area (Å²) in [6, 6.07) is 22.5. The van der Waals surface area contributed by atoms with Crippen molar-refractivity contribution in [2.75, 3.05) is 13.2 Å². The first-order chi connectivity index (χ1) is 22.4. The van der Waals surface area contributed by atoms with Crippen molar-refractivity contribution < 1.29 is 19.1 Å². The molecule has 47 heavy (non-hydrogen) atoms. The molecule has 7 heteroatoms. The van der Waals surface area contributed by atoms with Crippen molar-refractivity contribution in [3.8, 4) is 11.5 Å². The molecule has 0 N–H and O–H groups in total. The molecule has 1 aliphatic heterocycles. The fraction of sp³-hybridized carbons (Fsp3) is 0.400. The normalized spacial score (nSPS) is 19.1. The van der Waals surface area contributed by atoms with Gasteiger partial charge in [-0.25, -0.2) is 0 Å². The van der Waals surface area contributed by atoms with E-state index in [0.29, 0.717) is 37.6 Å². The van der Waals surface area contributed by atoms with Crippen molar-refractivity contribution in [3.05, 3.63) is 115 Å². The Kier molecular flexibility index (Phi) is 9.61. The van der Waals surface area contributed by atoms with Gasteiger partial charge in [-0.05, 0) is 82.3 Å². The molecule has 3 aromatic carbocycles. The number of benzene rings is 3. The second-order valence-electron chi connectivity index (χ2n) is 14.6. The van der Waals surface area contributed by atoms with Crippen LogP contribution in [0.3, 0.4) is 0 Å². The molecule has 3 aliphatic rings. The number of ketones is 2. The van der Waals surface area contributed by atoms with Gasteiger partial charge in [-0.15, -0.1) is 0 Å². The summed E-state index contributed by atoms with van der Waals surface area (Å²) in [6.07, 6.45) is 3.27. The van der Waals surface area contributed by atoms with E-state index in [1.807, 2.05) is 49.4 Å². The summed E-state index contributed by atoms with van der Waals surface area (Å²) in [5.74, 6) is 0.971. The smallest absolute Gasteiger partial charge is 0.175 e. The number of ether oxygens (including phenoxy) is 2. The average molecular weight is 762 g/mol. The molecule has 0 saturated carbocycles. The van der Waals surface area contributed by atoms with E-state index < -0.39 is 5.92 Å². The third-order valence-corrected chi connectivity index (χ3v) is 10.8. The van der Waals surface area contributed by atoms with Gasteiger partial charge in [0.1, 0.15) is 6.61 Å². The topological polar surface area (TPSA) is 55.8 Å². The van der Waals surface area contributed by atoms with Crippen molar-refractivity contribution >= 4 is 43.4 Å². The second kappa shape index (κ2) is 13.4. The maximum absolute atomic E-state index is 14.3. The minimum Gasteiger partial charge on any atom is -0.490 e. The molecule has 0 fully saturated rings. The first-order valence-electron chi connectivity index (χ1n) is 16.5. The van der Waals surface area contributed by atoms with Crippen molar-refractivity contribution in [1.29, 1.82) is 0 Å². The Bertz CT molecular complexity index is 1720. The molecule has 2 aliphatic carbocycles. The maximum Gasteiger partial charge on any atom is 0.175 e. The van der Waals surface area contributed by atoms with Crippen LogP contribution in [0.1, 0.15) is 82.9 Å². The minimum absolute atomic E-state index is 0.124. The summed E-state index contributed by atoms with van der Waals surface area (Å²) in [4.78, 5) is 31.0. The summed E-state index contributed by atoms with van der Waals surface area (Å²) >= 11 is 7.42. The predicted octanol–water partition coefficient (Wildman–Crippen LogP) is 10.1. The predicted molar refractivity (Wildman–Crippen MR) is 193 cm³/mol. The summed E-state index contributed by atoms with van der Waals surface area (Å²) in [5, 5.41) is 0. The zero-order valence-electron chi connectivity index (χ0n) is 27.9. The Morgan fingerprint density at radius 2 is 1.36 bits per heavy atom. The maximum atomic E-state index is 14.3. The number of Topliss-reactive ketones (excluding diaryl/α,β-unsaturated/α-hetero) is 2. The minimum atomic E-state index is -0.465. The van der Waals surface area contributed by atoms with Crippen LogP contribution in [0.25, 0.3) is 0 Å². The molecular weight excluding hydrogens is 718 g/mol. The van der Waals surface area contributed by atoms with Crippen LogP contribution in [0.15, 0.2) is 98.2 Å². The zero-order chi connectivity index (χ0) is 33.5. The van der Waals surface area contributed by atoms with Gasteiger partial charge in [0.15, 0.2) is 23.1 Å². The van der Waals surface area contributed by atoms with Crippen LogP contribution < -0.4 is 9.47 Å². The quantitative estimate of drug-likeness (QED) is 0.217. The number of rotatable bonds is 9. The summed E-state index contributed by atoms with van der Waals surface area (Å²) in [5.41, 5.74) is 6.43. The number of halogens is 2. The molecule has 5 nitrogen and oxygen atoms in total. The van der Waals surface area contributed by atoms with E-state index in [4.69, 9.17) is 9.47 Å². The van der Waals surface area contributed by atoms with Crippen molar-refractivity contribution in [2.24, 2.45) is 10.8 Å². The molecule has 0 saturated heterocycles. The summed E-state index contributed by atoms with van der Waals surface area (Å²) < 4.78 is 14.3. The first kappa shape index (κ1) is 33.7. The van der Waals surface area contributed by atoms with Gasteiger partial charge in [-0.2, -0.15) is 0 Å². The Labute approximate surface area is 295 Å². The number of hydrogen-bond acceptors (Lipinski definition) is 5. The number of carbonyl (C=O) groups excluding carboxylic acids is 2. The SMILES string of the molecule is CCOc1cc(C2C3=C(CC(C)(C)CC3=O)N(CCc3ccccc3)C3=C2C(=O)CC(C)(C)C3)cc(Br)c1OCc1ccccc1Br. The van der Waals surface area contributed by atoms with Crippen LogP contribution in [0, 0.1) is 10.8 Å². The lowest BCUT2D eigenvalue weighted by molar-refractivity contribution is -0.119. The molecule has 0 spiro atoms. The van der Waals surface area contributed by atoms with Crippen molar-refractivity contribution in [2.45, 2.75) is 79.2 Å². The lowest BCUT2D eigenvalue weighted by Gasteiger charge is -2.49. The van der Waals surface area contributed by atoms with Gasteiger partial charge >= 0.3 is 0 Å². The molecule has 246 valence electrons. The van der Waals surface area contributed by atoms with Crippen LogP contribution in [0.5, 0.6) is 11.5 Å². The molecule has 0 unspecified atom stereocenters. The van der Waals surface area contributed by atoms with Crippen LogP contribution in [-0.4, -0.2) is 29.6 Å². The van der Waals surface area contributed by atoms with Gasteiger partial charge in [0.2, 0.25) is 0 Å². The van der Waals surface area contributed by atoms with Crippen LogP contribution >= 0.6 is 31.9 Å². The third kappa shape index (κ3) is 7.03. The number of allylic oxidation sites excluding steroid dienone is 4. The van der Waals surface area contributed by atoms with E-state index in [9.17, 15) is 9.59 Å². The molecular formula is C40H43Br2NO4. The van der Waals surface area contributed by atoms with E-state index >= 15 is 0 Å². The lowest BCUT2D eigenvalue weighted by Crippen LogP contribution is -2.45. The largest absolute Gasteiger partial charge is 0.490 e. The summed E-state index contributed by atoms with van der Waals surface area (Å²) in [7, 11) is 0. The highest BCUT2D eigenvalue weighted by molar-refractivity contribution is 9.10. The van der Waals surface area contributed by atoms with Gasteiger partial charge in [0.25, 0.3) is 0 Å². The molecule has 0 atom stereocenters. The number of nitrogens with zero attached hydrogens (tertiary/aromatic N) is 1. The highest BCUT2D eigenvalue weighted by atomic mass is 79.9. The highest BCUT2D eigenvalue weighted by Gasteiger charge is 2.49. The van der Waals surface area contributed by atoms with Gasteiger partial charge in [-0.1, -0.05) is 92.2 Å². The van der Waals surface area contributed by atoms with Crippen molar-refractivity contribution in [3.63, 3.8) is 0 Å². The monoisotopic (exact) mass is 759 g/mol. The van der Waals surface area contributed by atoms with Crippen LogP contribution in [0.2, 0.25) is 0 Å². The fourth-order valence-electron chi connectivity index (χ4n) is 7.46. The molecule has 0 aromatic heterocycles. The van der Waals surface area contributed by atoms with E-state index in [1.165, 1.54) is 5.56 Å². The van der Waals surface area contributed by atoms with E-state index in [-0.39, 0.29) is 22.4 Å². The molecule has 0 amide bonds. The Morgan fingerprint density at radius 3 is 1.96 bits per heavy atom. The van der Waals surface area contributed by atoms with Gasteiger partial charge in [0.05, 0.1) is 11.1 Å². The molecule has 6 rings (SSSR count). The molecule has 1 heterocycles. The Hall–Kier alpha value is -3.16. The van der Waals surface area contributed by atoms with Crippen LogP contribution in [0.4, 0.5) is 0 Å². The van der Waals surface area contributed by atoms with E-state index in [0.717, 1.165) is 68.4 Å².